The molecule has 0 saturated heterocycles. The van der Waals surface area contributed by atoms with Crippen LogP contribution in [0.5, 0.6) is 5.75 Å². The van der Waals surface area contributed by atoms with Gasteiger partial charge in [0.1, 0.15) is 5.75 Å². The third kappa shape index (κ3) is 5.05. The fourth-order valence-corrected chi connectivity index (χ4v) is 2.70. The first-order valence-electron chi connectivity index (χ1n) is 6.77. The molecule has 0 spiro atoms. The fraction of sp³-hybridized carbons (Fsp3) is 0.600. The molecule has 0 aromatic heterocycles. The second kappa shape index (κ2) is 9.34. The van der Waals surface area contributed by atoms with Crippen LogP contribution in [0, 0.1) is 0 Å². The molecule has 0 bridgehead atoms. The average Bonchev–Trinajstić information content (AvgIpc) is 2.46. The van der Waals surface area contributed by atoms with Gasteiger partial charge in [-0.25, -0.2) is 0 Å². The van der Waals surface area contributed by atoms with Crippen molar-refractivity contribution in [1.29, 1.82) is 0 Å². The first-order valence-corrected chi connectivity index (χ1v) is 7.56. The lowest BCUT2D eigenvalue weighted by Gasteiger charge is -2.26. The Kier molecular flexibility index (Phi) is 8.14. The fourth-order valence-electron chi connectivity index (χ4n) is 2.11. The van der Waals surface area contributed by atoms with E-state index >= 15 is 0 Å². The summed E-state index contributed by atoms with van der Waals surface area (Å²) in [6.07, 6.45) is 1.64. The third-order valence-corrected chi connectivity index (χ3v) is 3.74. The second-order valence-electron chi connectivity index (χ2n) is 4.57. The van der Waals surface area contributed by atoms with Gasteiger partial charge in [0, 0.05) is 14.2 Å². The van der Waals surface area contributed by atoms with Crippen LogP contribution in [0.3, 0.4) is 0 Å². The van der Waals surface area contributed by atoms with Gasteiger partial charge in [0.15, 0.2) is 6.29 Å². The molecule has 0 saturated carbocycles. The summed E-state index contributed by atoms with van der Waals surface area (Å²) in [4.78, 5) is 0. The minimum absolute atomic E-state index is 0.116. The third-order valence-electron chi connectivity index (χ3n) is 3.12. The zero-order valence-corrected chi connectivity index (χ0v) is 14.2. The van der Waals surface area contributed by atoms with E-state index in [1.165, 1.54) is 5.56 Å². The molecule has 4 nitrogen and oxygen atoms in total. The molecule has 20 heavy (non-hydrogen) atoms. The van der Waals surface area contributed by atoms with Crippen molar-refractivity contribution in [3.63, 3.8) is 0 Å². The number of benzene rings is 1. The monoisotopic (exact) mass is 345 g/mol. The Balaban J connectivity index is 2.79. The van der Waals surface area contributed by atoms with E-state index in [1.54, 1.807) is 21.3 Å². The van der Waals surface area contributed by atoms with E-state index in [-0.39, 0.29) is 12.3 Å². The summed E-state index contributed by atoms with van der Waals surface area (Å²) in [5, 5.41) is 3.47. The normalized spacial score (nSPS) is 12.7. The molecule has 0 radical (unpaired) electrons. The lowest BCUT2D eigenvalue weighted by Crippen LogP contribution is -2.44. The molecule has 1 rings (SSSR count). The smallest absolute Gasteiger partial charge is 0.172 e. The highest BCUT2D eigenvalue weighted by molar-refractivity contribution is 9.10. The van der Waals surface area contributed by atoms with Gasteiger partial charge in [0.05, 0.1) is 17.6 Å². The Morgan fingerprint density at radius 2 is 1.90 bits per heavy atom. The zero-order chi connectivity index (χ0) is 15.0. The van der Waals surface area contributed by atoms with Gasteiger partial charge in [-0.1, -0.05) is 13.0 Å². The predicted molar refractivity (Wildman–Crippen MR) is 84.3 cm³/mol. The van der Waals surface area contributed by atoms with Crippen LogP contribution in [0.4, 0.5) is 0 Å². The molecule has 1 aromatic rings. The molecule has 114 valence electrons. The summed E-state index contributed by atoms with van der Waals surface area (Å²) in [7, 11) is 4.99. The van der Waals surface area contributed by atoms with Crippen LogP contribution in [-0.4, -0.2) is 40.2 Å². The number of nitrogens with one attached hydrogen (secondary N) is 1. The van der Waals surface area contributed by atoms with Gasteiger partial charge in [-0.15, -0.1) is 0 Å². The molecule has 0 amide bonds. The van der Waals surface area contributed by atoms with Gasteiger partial charge in [-0.05, 0) is 53.0 Å². The van der Waals surface area contributed by atoms with E-state index in [1.807, 2.05) is 6.07 Å². The van der Waals surface area contributed by atoms with Crippen molar-refractivity contribution in [3.05, 3.63) is 28.2 Å². The van der Waals surface area contributed by atoms with Crippen LogP contribution in [0.2, 0.25) is 0 Å². The summed E-state index contributed by atoms with van der Waals surface area (Å²) in [6, 6.07) is 6.21. The minimum atomic E-state index is -0.262. The van der Waals surface area contributed by atoms with Crippen LogP contribution in [-0.2, 0) is 15.9 Å². The van der Waals surface area contributed by atoms with Gasteiger partial charge >= 0.3 is 0 Å². The summed E-state index contributed by atoms with van der Waals surface area (Å²) in [6.45, 7) is 3.08. The predicted octanol–water partition coefficient (Wildman–Crippen LogP) is 2.99. The maximum absolute atomic E-state index is 5.38. The van der Waals surface area contributed by atoms with Crippen molar-refractivity contribution in [3.8, 4) is 5.75 Å². The number of rotatable bonds is 9. The Bertz CT molecular complexity index is 397. The summed E-state index contributed by atoms with van der Waals surface area (Å²) < 4.78 is 17.0. The molecule has 1 aromatic carbocycles. The van der Waals surface area contributed by atoms with E-state index in [0.717, 1.165) is 29.6 Å². The van der Waals surface area contributed by atoms with Crippen LogP contribution >= 0.6 is 15.9 Å². The van der Waals surface area contributed by atoms with Gasteiger partial charge < -0.3 is 19.5 Å². The number of halogens is 1. The molecular formula is C15H24BrNO3. The molecule has 0 fully saturated rings. The van der Waals surface area contributed by atoms with E-state index < -0.39 is 0 Å². The summed E-state index contributed by atoms with van der Waals surface area (Å²) >= 11 is 3.51. The Hall–Kier alpha value is -0.620. The highest BCUT2D eigenvalue weighted by atomic mass is 79.9. The lowest BCUT2D eigenvalue weighted by atomic mass is 10.0. The standard InChI is InChI=1S/C15H24BrNO3/c1-5-8-17-13(15(19-3)20-4)10-11-6-7-14(18-2)12(16)9-11/h6-7,9,13,15,17H,5,8,10H2,1-4H3. The van der Waals surface area contributed by atoms with E-state index in [4.69, 9.17) is 14.2 Å². The largest absolute Gasteiger partial charge is 0.496 e. The van der Waals surface area contributed by atoms with Crippen molar-refractivity contribution in [2.45, 2.75) is 32.1 Å². The maximum Gasteiger partial charge on any atom is 0.172 e. The SMILES string of the molecule is CCCNC(Cc1ccc(OC)c(Br)c1)C(OC)OC. The molecule has 1 N–H and O–H groups in total. The molecule has 1 atom stereocenters. The molecular weight excluding hydrogens is 322 g/mol. The maximum atomic E-state index is 5.38. The zero-order valence-electron chi connectivity index (χ0n) is 12.6. The number of hydrogen-bond donors (Lipinski definition) is 1. The van der Waals surface area contributed by atoms with E-state index in [2.05, 4.69) is 40.3 Å². The lowest BCUT2D eigenvalue weighted by molar-refractivity contribution is -0.122. The highest BCUT2D eigenvalue weighted by Gasteiger charge is 2.20. The number of methoxy groups -OCH3 is 3. The first-order chi connectivity index (χ1) is 9.65. The van der Waals surface area contributed by atoms with Crippen LogP contribution in [0.15, 0.2) is 22.7 Å². The van der Waals surface area contributed by atoms with Crippen molar-refractivity contribution < 1.29 is 14.2 Å². The van der Waals surface area contributed by atoms with Gasteiger partial charge in [0.25, 0.3) is 0 Å². The van der Waals surface area contributed by atoms with Crippen LogP contribution < -0.4 is 10.1 Å². The first kappa shape index (κ1) is 17.4. The number of hydrogen-bond acceptors (Lipinski definition) is 4. The van der Waals surface area contributed by atoms with E-state index in [9.17, 15) is 0 Å². The highest BCUT2D eigenvalue weighted by Crippen LogP contribution is 2.26. The van der Waals surface area contributed by atoms with Crippen molar-refractivity contribution in [2.75, 3.05) is 27.9 Å². The molecule has 0 aliphatic heterocycles. The Labute approximate surface area is 129 Å². The molecule has 0 aliphatic rings. The van der Waals surface area contributed by atoms with Crippen LogP contribution in [0.1, 0.15) is 18.9 Å². The summed E-state index contributed by atoms with van der Waals surface area (Å²) in [5.74, 6) is 0.835. The Morgan fingerprint density at radius 1 is 1.20 bits per heavy atom. The van der Waals surface area contributed by atoms with Gasteiger partial charge in [-0.3, -0.25) is 0 Å². The number of ether oxygens (including phenoxy) is 3. The van der Waals surface area contributed by atoms with Crippen molar-refractivity contribution >= 4 is 15.9 Å². The van der Waals surface area contributed by atoms with Gasteiger partial charge in [-0.2, -0.15) is 0 Å². The Morgan fingerprint density at radius 3 is 2.40 bits per heavy atom. The molecule has 1 unspecified atom stereocenters. The topological polar surface area (TPSA) is 39.7 Å². The minimum Gasteiger partial charge on any atom is -0.496 e. The van der Waals surface area contributed by atoms with Crippen molar-refractivity contribution in [1.82, 2.24) is 5.32 Å². The second-order valence-corrected chi connectivity index (χ2v) is 5.43. The molecule has 0 aliphatic carbocycles. The van der Waals surface area contributed by atoms with E-state index in [0.29, 0.717) is 0 Å². The summed E-state index contributed by atoms with van der Waals surface area (Å²) in [5.41, 5.74) is 1.20. The quantitative estimate of drug-likeness (QED) is 0.698. The average molecular weight is 346 g/mol. The molecule has 0 heterocycles. The molecule has 5 heteroatoms. The van der Waals surface area contributed by atoms with Crippen molar-refractivity contribution in [2.24, 2.45) is 0 Å². The van der Waals surface area contributed by atoms with Gasteiger partial charge in [0.2, 0.25) is 0 Å². The van der Waals surface area contributed by atoms with Crippen LogP contribution in [0.25, 0.3) is 0 Å².